The van der Waals surface area contributed by atoms with Crippen molar-refractivity contribution in [2.75, 3.05) is 33.7 Å². The Morgan fingerprint density at radius 3 is 1.56 bits per heavy atom. The van der Waals surface area contributed by atoms with Crippen LogP contribution in [-0.4, -0.2) is 128 Å². The normalized spacial score (nSPS) is 32.5. The molecule has 73 heavy (non-hydrogen) atoms. The Kier molecular flexibility index (Phi) is 15.8. The van der Waals surface area contributed by atoms with E-state index < -0.39 is 19.8 Å². The van der Waals surface area contributed by atoms with Gasteiger partial charge in [0.05, 0.1) is 41.3 Å². The third-order valence-electron chi connectivity index (χ3n) is 19.5. The number of carbonyl (C=O) groups is 3. The lowest BCUT2D eigenvalue weighted by Gasteiger charge is -2.64. The molecule has 12 rings (SSSR count). The number of nitrogens with one attached hydrogen (secondary N) is 2. The van der Waals surface area contributed by atoms with Crippen LogP contribution in [0.25, 0.3) is 0 Å². The van der Waals surface area contributed by atoms with Gasteiger partial charge in [-0.3, -0.25) is 0 Å². The summed E-state index contributed by atoms with van der Waals surface area (Å²) in [5.41, 5.74) is 1.70. The van der Waals surface area contributed by atoms with Gasteiger partial charge >= 0.3 is 32.4 Å². The standard InChI is InChI=1S/C31H48BN3O5.C27H41BN2O3/c1-29(2,3)38-28(37)35-16-12-11-15-23(35)20-34(7)27(36)33-26(17-21-13-9-8-10-14-21)32-39-25-19-22-18-24(30(22,4)5)31(25,6)40-32;1-26(2)21-16-22(26)27(3)23(17-21)32-28(33-27)24(15-19-11-7-5-8-12-19)29-25(31)30(4)18-20-13-9-6-10-14-20/h8-10,13-14,22-26H,11-12,15-20H2,1-7H3,(H,33,36);5,7-8,11-12,20-24H,6,9-10,13-18H2,1-4H3,(H,29,31)/t22-,23+,24-,25+,26-,31-;21-,22-,23+,24-,27-/m00/s1. The Hall–Kier alpha value is -3.78. The number of benzene rings is 2. The molecule has 13 nitrogen and oxygen atoms in total. The van der Waals surface area contributed by atoms with Gasteiger partial charge in [-0.15, -0.1) is 0 Å². The van der Waals surface area contributed by atoms with E-state index in [1.165, 1.54) is 50.5 Å². The van der Waals surface area contributed by atoms with Crippen LogP contribution in [0, 0.1) is 40.4 Å². The summed E-state index contributed by atoms with van der Waals surface area (Å²) in [6.45, 7) is 21.5. The molecule has 15 heteroatoms. The zero-order valence-corrected chi connectivity index (χ0v) is 46.3. The fourth-order valence-corrected chi connectivity index (χ4v) is 14.8. The number of urea groups is 2. The van der Waals surface area contributed by atoms with Crippen molar-refractivity contribution in [3.63, 3.8) is 0 Å². The summed E-state index contributed by atoms with van der Waals surface area (Å²) in [5.74, 6) is 2.42. The molecule has 0 unspecified atom stereocenters. The van der Waals surface area contributed by atoms with Crippen LogP contribution in [-0.2, 0) is 36.2 Å². The highest BCUT2D eigenvalue weighted by atomic mass is 16.7. The number of amides is 5. The minimum atomic E-state index is -0.558. The molecule has 4 bridgehead atoms. The van der Waals surface area contributed by atoms with Crippen molar-refractivity contribution in [2.24, 2.45) is 40.4 Å². The van der Waals surface area contributed by atoms with Gasteiger partial charge in [-0.1, -0.05) is 108 Å². The molecule has 0 radical (unpaired) electrons. The molecule has 0 aromatic heterocycles. The van der Waals surface area contributed by atoms with Crippen LogP contribution >= 0.6 is 0 Å². The third kappa shape index (κ3) is 11.4. The number of likely N-dealkylation sites (tertiary alicyclic amines) is 1. The van der Waals surface area contributed by atoms with E-state index in [0.717, 1.165) is 44.2 Å². The lowest BCUT2D eigenvalue weighted by Crippen LogP contribution is -2.65. The molecule has 10 aliphatic rings. The van der Waals surface area contributed by atoms with Crippen LogP contribution in [0.1, 0.15) is 150 Å². The second-order valence-corrected chi connectivity index (χ2v) is 26.3. The van der Waals surface area contributed by atoms with Gasteiger partial charge in [0.1, 0.15) is 5.60 Å². The first kappa shape index (κ1) is 54.0. The monoisotopic (exact) mass is 1010 g/mol. The minimum Gasteiger partial charge on any atom is -0.444 e. The lowest BCUT2D eigenvalue weighted by molar-refractivity contribution is -0.199. The molecule has 3 heterocycles. The van der Waals surface area contributed by atoms with Gasteiger partial charge in [0.2, 0.25) is 0 Å². The Labute approximate surface area is 438 Å². The van der Waals surface area contributed by atoms with Gasteiger partial charge in [-0.25, -0.2) is 14.4 Å². The van der Waals surface area contributed by atoms with Gasteiger partial charge in [-0.2, -0.15) is 0 Å². The molecule has 7 saturated carbocycles. The van der Waals surface area contributed by atoms with Gasteiger partial charge in [0.15, 0.2) is 0 Å². The molecule has 11 atom stereocenters. The van der Waals surface area contributed by atoms with Gasteiger partial charge in [0, 0.05) is 33.7 Å². The number of hydrogen-bond acceptors (Lipinski definition) is 8. The first-order valence-electron chi connectivity index (χ1n) is 28.3. The average molecular weight is 1010 g/mol. The van der Waals surface area contributed by atoms with E-state index in [9.17, 15) is 14.4 Å². The molecule has 3 aliphatic heterocycles. The molecule has 2 aromatic rings. The summed E-state index contributed by atoms with van der Waals surface area (Å²) >= 11 is 0. The first-order chi connectivity index (χ1) is 34.5. The number of hydrogen-bond donors (Lipinski definition) is 2. The molecule has 400 valence electrons. The van der Waals surface area contributed by atoms with Crippen LogP contribution < -0.4 is 10.6 Å². The fourth-order valence-electron chi connectivity index (χ4n) is 14.8. The fraction of sp³-hybridized carbons (Fsp3) is 0.741. The zero-order valence-electron chi connectivity index (χ0n) is 46.3. The number of nitrogens with zero attached hydrogens (tertiary/aromatic N) is 3. The van der Waals surface area contributed by atoms with Crippen LogP contribution in [0.3, 0.4) is 0 Å². The van der Waals surface area contributed by atoms with E-state index in [-0.39, 0.29) is 64.9 Å². The predicted molar refractivity (Wildman–Crippen MR) is 288 cm³/mol. The molecule has 2 aromatic carbocycles. The quantitative estimate of drug-likeness (QED) is 0.201. The molecule has 7 aliphatic carbocycles. The Morgan fingerprint density at radius 1 is 0.658 bits per heavy atom. The summed E-state index contributed by atoms with van der Waals surface area (Å²) in [4.78, 5) is 45.1. The molecular weight excluding hydrogens is 916 g/mol. The van der Waals surface area contributed by atoms with Gasteiger partial charge < -0.3 is 48.7 Å². The van der Waals surface area contributed by atoms with Crippen molar-refractivity contribution in [3.05, 3.63) is 71.8 Å². The number of rotatable bonds is 12. The van der Waals surface area contributed by atoms with Crippen LogP contribution in [0.2, 0.25) is 0 Å². The van der Waals surface area contributed by atoms with Crippen molar-refractivity contribution >= 4 is 32.4 Å². The Balaban J connectivity index is 0.000000183. The minimum absolute atomic E-state index is 0.0154. The van der Waals surface area contributed by atoms with Gasteiger partial charge in [0.25, 0.3) is 0 Å². The van der Waals surface area contributed by atoms with E-state index in [1.807, 2.05) is 57.0 Å². The van der Waals surface area contributed by atoms with Gasteiger partial charge in [-0.05, 0) is 157 Å². The molecule has 0 spiro atoms. The van der Waals surface area contributed by atoms with Crippen LogP contribution in [0.15, 0.2) is 60.7 Å². The van der Waals surface area contributed by atoms with Crippen molar-refractivity contribution in [2.45, 2.75) is 199 Å². The largest absolute Gasteiger partial charge is 0.482 e. The van der Waals surface area contributed by atoms with E-state index in [0.29, 0.717) is 60.9 Å². The summed E-state index contributed by atoms with van der Waals surface area (Å²) in [5, 5.41) is 6.57. The maximum absolute atomic E-state index is 13.6. The lowest BCUT2D eigenvalue weighted by atomic mass is 9.43. The van der Waals surface area contributed by atoms with Crippen LogP contribution in [0.4, 0.5) is 14.4 Å². The smallest absolute Gasteiger partial charge is 0.444 e. The zero-order chi connectivity index (χ0) is 52.1. The van der Waals surface area contributed by atoms with E-state index in [2.05, 4.69) is 88.6 Å². The predicted octanol–water partition coefficient (Wildman–Crippen LogP) is 10.4. The van der Waals surface area contributed by atoms with E-state index in [1.54, 1.807) is 16.8 Å². The summed E-state index contributed by atoms with van der Waals surface area (Å²) in [6, 6.07) is 20.3. The van der Waals surface area contributed by atoms with E-state index >= 15 is 0 Å². The number of ether oxygens (including phenoxy) is 1. The highest BCUT2D eigenvalue weighted by Crippen LogP contribution is 2.67. The van der Waals surface area contributed by atoms with Crippen molar-refractivity contribution < 1.29 is 37.7 Å². The Bertz CT molecular complexity index is 2230. The van der Waals surface area contributed by atoms with E-state index in [4.69, 9.17) is 23.4 Å². The number of likely N-dealkylation sites (N-methyl/N-ethyl adjacent to an activating group) is 1. The highest BCUT2D eigenvalue weighted by Gasteiger charge is 2.70. The maximum atomic E-state index is 13.6. The summed E-state index contributed by atoms with van der Waals surface area (Å²) < 4.78 is 32.4. The van der Waals surface area contributed by atoms with Crippen LogP contribution in [0.5, 0.6) is 0 Å². The molecular formula is C58H89B2N5O8. The topological polar surface area (TPSA) is 131 Å². The Morgan fingerprint density at radius 2 is 1.11 bits per heavy atom. The summed E-state index contributed by atoms with van der Waals surface area (Å²) in [6.07, 6.45) is 14.9. The number of carbonyl (C=O) groups excluding carboxylic acids is 3. The first-order valence-corrected chi connectivity index (χ1v) is 28.3. The maximum Gasteiger partial charge on any atom is 0.482 e. The molecule has 5 amide bonds. The van der Waals surface area contributed by atoms with Crippen molar-refractivity contribution in [1.29, 1.82) is 0 Å². The van der Waals surface area contributed by atoms with Crippen molar-refractivity contribution in [3.8, 4) is 0 Å². The molecule has 3 saturated heterocycles. The second kappa shape index (κ2) is 21.3. The number of piperidine rings is 1. The average Bonchev–Trinajstić information content (AvgIpc) is 3.91. The molecule has 10 fully saturated rings. The summed E-state index contributed by atoms with van der Waals surface area (Å²) in [7, 11) is 2.79. The second-order valence-electron chi connectivity index (χ2n) is 26.3. The molecule has 2 N–H and O–H groups in total. The SMILES string of the molecule is CN(CC1CCCCC1)C(=O)N[C@@H](Cc1ccccc1)B1O[C@@H]2C[C@@H]3C[C@@H](C3(C)C)[C@]2(C)O1.CN(C[C@H]1CCCCN1C(=O)OC(C)(C)C)C(=O)N[C@@H](Cc1ccccc1)B1O[C@@H]2C[C@@H]3C[C@@H](C3(C)C)[C@]2(C)O1. The van der Waals surface area contributed by atoms with Crippen molar-refractivity contribution in [1.82, 2.24) is 25.3 Å². The highest BCUT2D eigenvalue weighted by molar-refractivity contribution is 6.48. The third-order valence-corrected chi connectivity index (χ3v) is 19.5.